The lowest BCUT2D eigenvalue weighted by atomic mass is 10.1. The normalized spacial score (nSPS) is 20.2. The van der Waals surface area contributed by atoms with Crippen LogP contribution >= 0.6 is 0 Å². The Balaban J connectivity index is 2.12. The SMILES string of the molecule is CN(C)c1nccc(N2CCC(CN)C2)n1. The number of nitrogens with two attached hydrogens (primary N) is 1. The largest absolute Gasteiger partial charge is 0.356 e. The van der Waals surface area contributed by atoms with E-state index in [0.717, 1.165) is 37.8 Å². The third-order valence-electron chi connectivity index (χ3n) is 2.97. The summed E-state index contributed by atoms with van der Waals surface area (Å²) in [5.74, 6) is 2.38. The molecule has 0 bridgehead atoms. The van der Waals surface area contributed by atoms with E-state index < -0.39 is 0 Å². The minimum atomic E-state index is 0.609. The topological polar surface area (TPSA) is 58.3 Å². The monoisotopic (exact) mass is 221 g/mol. The third-order valence-corrected chi connectivity index (χ3v) is 2.97. The summed E-state index contributed by atoms with van der Waals surface area (Å²) in [6.45, 7) is 2.83. The first-order valence-electron chi connectivity index (χ1n) is 5.66. The molecule has 0 aliphatic carbocycles. The molecule has 5 nitrogen and oxygen atoms in total. The Morgan fingerprint density at radius 1 is 1.56 bits per heavy atom. The van der Waals surface area contributed by atoms with Crippen LogP contribution in [0.3, 0.4) is 0 Å². The minimum absolute atomic E-state index is 0.609. The van der Waals surface area contributed by atoms with E-state index in [-0.39, 0.29) is 0 Å². The summed E-state index contributed by atoms with van der Waals surface area (Å²) in [6, 6.07) is 1.96. The van der Waals surface area contributed by atoms with Gasteiger partial charge < -0.3 is 15.5 Å². The quantitative estimate of drug-likeness (QED) is 0.797. The van der Waals surface area contributed by atoms with Gasteiger partial charge in [0.05, 0.1) is 0 Å². The van der Waals surface area contributed by atoms with Crippen molar-refractivity contribution >= 4 is 11.8 Å². The lowest BCUT2D eigenvalue weighted by molar-refractivity contribution is 0.602. The highest BCUT2D eigenvalue weighted by Crippen LogP contribution is 2.22. The standard InChI is InChI=1S/C11H19N5/c1-15(2)11-13-5-3-10(14-11)16-6-4-9(7-12)8-16/h3,5,9H,4,6-8,12H2,1-2H3. The molecule has 2 N–H and O–H groups in total. The summed E-state index contributed by atoms with van der Waals surface area (Å²) in [6.07, 6.45) is 2.98. The van der Waals surface area contributed by atoms with Crippen LogP contribution in [0.25, 0.3) is 0 Å². The molecule has 1 aromatic rings. The van der Waals surface area contributed by atoms with Crippen molar-refractivity contribution in [3.05, 3.63) is 12.3 Å². The molecule has 2 heterocycles. The lowest BCUT2D eigenvalue weighted by Crippen LogP contribution is -2.24. The van der Waals surface area contributed by atoms with E-state index in [2.05, 4.69) is 14.9 Å². The predicted octanol–water partition coefficient (Wildman–Crippen LogP) is 0.328. The minimum Gasteiger partial charge on any atom is -0.356 e. The number of hydrogen-bond donors (Lipinski definition) is 1. The Morgan fingerprint density at radius 2 is 2.38 bits per heavy atom. The van der Waals surface area contributed by atoms with Crippen molar-refractivity contribution in [1.29, 1.82) is 0 Å². The molecule has 1 aromatic heterocycles. The molecule has 88 valence electrons. The van der Waals surface area contributed by atoms with Gasteiger partial charge in [0.2, 0.25) is 5.95 Å². The molecule has 1 unspecified atom stereocenters. The van der Waals surface area contributed by atoms with Gasteiger partial charge in [-0.05, 0) is 24.9 Å². The van der Waals surface area contributed by atoms with Gasteiger partial charge in [0.15, 0.2) is 0 Å². The number of nitrogens with zero attached hydrogens (tertiary/aromatic N) is 4. The molecule has 2 rings (SSSR count). The maximum atomic E-state index is 5.68. The van der Waals surface area contributed by atoms with Gasteiger partial charge in [0.1, 0.15) is 5.82 Å². The summed E-state index contributed by atoms with van der Waals surface area (Å²) < 4.78 is 0. The molecule has 0 radical (unpaired) electrons. The molecule has 1 saturated heterocycles. The summed E-state index contributed by atoms with van der Waals surface area (Å²) >= 11 is 0. The molecular weight excluding hydrogens is 202 g/mol. The van der Waals surface area contributed by atoms with E-state index in [1.165, 1.54) is 0 Å². The average molecular weight is 221 g/mol. The molecule has 1 atom stereocenters. The van der Waals surface area contributed by atoms with Crippen LogP contribution in [0.2, 0.25) is 0 Å². The molecular formula is C11H19N5. The Hall–Kier alpha value is -1.36. The van der Waals surface area contributed by atoms with E-state index in [9.17, 15) is 0 Å². The summed E-state index contributed by atoms with van der Waals surface area (Å²) in [7, 11) is 3.90. The van der Waals surface area contributed by atoms with E-state index in [0.29, 0.717) is 5.92 Å². The maximum Gasteiger partial charge on any atom is 0.226 e. The molecule has 5 heteroatoms. The predicted molar refractivity (Wildman–Crippen MR) is 65.7 cm³/mol. The van der Waals surface area contributed by atoms with E-state index >= 15 is 0 Å². The first-order chi connectivity index (χ1) is 7.70. The van der Waals surface area contributed by atoms with Crippen LogP contribution in [0, 0.1) is 5.92 Å². The second-order valence-electron chi connectivity index (χ2n) is 4.45. The van der Waals surface area contributed by atoms with Crippen molar-refractivity contribution in [2.45, 2.75) is 6.42 Å². The van der Waals surface area contributed by atoms with Crippen molar-refractivity contribution < 1.29 is 0 Å². The maximum absolute atomic E-state index is 5.68. The molecule has 1 aliphatic heterocycles. The first-order valence-corrected chi connectivity index (χ1v) is 5.66. The zero-order valence-corrected chi connectivity index (χ0v) is 9.93. The molecule has 0 amide bonds. The number of aromatic nitrogens is 2. The van der Waals surface area contributed by atoms with Gasteiger partial charge in [-0.25, -0.2) is 4.98 Å². The van der Waals surface area contributed by atoms with E-state index in [1.807, 2.05) is 31.3 Å². The van der Waals surface area contributed by atoms with Crippen LogP contribution in [-0.2, 0) is 0 Å². The number of rotatable bonds is 3. The fourth-order valence-corrected chi connectivity index (χ4v) is 1.96. The molecule has 1 fully saturated rings. The molecule has 1 aliphatic rings. The average Bonchev–Trinajstić information content (AvgIpc) is 2.77. The molecule has 0 spiro atoms. The second-order valence-corrected chi connectivity index (χ2v) is 4.45. The number of anilines is 2. The summed E-state index contributed by atoms with van der Waals surface area (Å²) in [5, 5.41) is 0. The molecule has 0 aromatic carbocycles. The van der Waals surface area contributed by atoms with Gasteiger partial charge >= 0.3 is 0 Å². The van der Waals surface area contributed by atoms with Crippen LogP contribution in [-0.4, -0.2) is 43.7 Å². The highest BCUT2D eigenvalue weighted by Gasteiger charge is 2.22. The van der Waals surface area contributed by atoms with Crippen molar-refractivity contribution in [1.82, 2.24) is 9.97 Å². The Morgan fingerprint density at radius 3 is 3.00 bits per heavy atom. The smallest absolute Gasteiger partial charge is 0.226 e. The van der Waals surface area contributed by atoms with Gasteiger partial charge in [-0.2, -0.15) is 4.98 Å². The highest BCUT2D eigenvalue weighted by molar-refractivity contribution is 5.43. The Labute approximate surface area is 96.3 Å². The van der Waals surface area contributed by atoms with Gasteiger partial charge in [0.25, 0.3) is 0 Å². The zero-order chi connectivity index (χ0) is 11.5. The van der Waals surface area contributed by atoms with Gasteiger partial charge in [-0.1, -0.05) is 0 Å². The van der Waals surface area contributed by atoms with Crippen LogP contribution in [0.4, 0.5) is 11.8 Å². The molecule has 0 saturated carbocycles. The number of hydrogen-bond acceptors (Lipinski definition) is 5. The van der Waals surface area contributed by atoms with E-state index in [1.54, 1.807) is 0 Å². The van der Waals surface area contributed by atoms with E-state index in [4.69, 9.17) is 5.73 Å². The van der Waals surface area contributed by atoms with Crippen molar-refractivity contribution in [3.63, 3.8) is 0 Å². The van der Waals surface area contributed by atoms with Crippen LogP contribution in [0.1, 0.15) is 6.42 Å². The highest BCUT2D eigenvalue weighted by atomic mass is 15.3. The summed E-state index contributed by atoms with van der Waals surface area (Å²) in [5.41, 5.74) is 5.68. The van der Waals surface area contributed by atoms with Crippen molar-refractivity contribution in [3.8, 4) is 0 Å². The van der Waals surface area contributed by atoms with Crippen LogP contribution < -0.4 is 15.5 Å². The Bertz CT molecular complexity index is 352. The Kier molecular flexibility index (Phi) is 3.24. The van der Waals surface area contributed by atoms with Crippen LogP contribution in [0.15, 0.2) is 12.3 Å². The zero-order valence-electron chi connectivity index (χ0n) is 9.93. The third kappa shape index (κ3) is 2.24. The van der Waals surface area contributed by atoms with Gasteiger partial charge in [0, 0.05) is 33.4 Å². The lowest BCUT2D eigenvalue weighted by Gasteiger charge is -2.19. The van der Waals surface area contributed by atoms with Crippen molar-refractivity contribution in [2.75, 3.05) is 43.5 Å². The van der Waals surface area contributed by atoms with Crippen molar-refractivity contribution in [2.24, 2.45) is 11.7 Å². The second kappa shape index (κ2) is 4.65. The fraction of sp³-hybridized carbons (Fsp3) is 0.636. The summed E-state index contributed by atoms with van der Waals surface area (Å²) in [4.78, 5) is 12.9. The van der Waals surface area contributed by atoms with Gasteiger partial charge in [-0.15, -0.1) is 0 Å². The first kappa shape index (κ1) is 11.1. The molecule has 16 heavy (non-hydrogen) atoms. The van der Waals surface area contributed by atoms with Crippen LogP contribution in [0.5, 0.6) is 0 Å². The fourth-order valence-electron chi connectivity index (χ4n) is 1.96. The van der Waals surface area contributed by atoms with Gasteiger partial charge in [-0.3, -0.25) is 0 Å².